The smallest absolute Gasteiger partial charge is 0.255 e. The van der Waals surface area contributed by atoms with Crippen molar-refractivity contribution < 1.29 is 18.7 Å². The Morgan fingerprint density at radius 2 is 2.19 bits per heavy atom. The third kappa shape index (κ3) is 2.92. The molecule has 1 aromatic carbocycles. The van der Waals surface area contributed by atoms with Crippen LogP contribution in [-0.4, -0.2) is 50.3 Å². The number of carbonyl (C=O) groups is 1. The highest BCUT2D eigenvalue weighted by Crippen LogP contribution is 2.34. The van der Waals surface area contributed by atoms with Crippen molar-refractivity contribution in [2.45, 2.75) is 13.5 Å². The monoisotopic (exact) mass is 368 g/mol. The Balaban J connectivity index is 1.61. The van der Waals surface area contributed by atoms with Gasteiger partial charge in [0.15, 0.2) is 0 Å². The van der Waals surface area contributed by atoms with E-state index >= 15 is 0 Å². The first-order valence-corrected chi connectivity index (χ1v) is 8.60. The van der Waals surface area contributed by atoms with E-state index in [0.29, 0.717) is 40.8 Å². The van der Waals surface area contributed by atoms with Crippen LogP contribution in [-0.2, 0) is 6.54 Å². The highest BCUT2D eigenvalue weighted by Gasteiger charge is 2.33. The molecule has 27 heavy (non-hydrogen) atoms. The Labute approximate surface area is 156 Å². The van der Waals surface area contributed by atoms with Gasteiger partial charge in [-0.15, -0.1) is 0 Å². The number of hydrogen-bond acceptors (Lipinski definition) is 7. The fraction of sp³-hybridized carbons (Fsp3) is 0.316. The van der Waals surface area contributed by atoms with E-state index in [-0.39, 0.29) is 12.5 Å². The fourth-order valence-electron chi connectivity index (χ4n) is 3.30. The lowest BCUT2D eigenvalue weighted by Crippen LogP contribution is -2.32. The molecule has 2 aromatic rings. The van der Waals surface area contributed by atoms with E-state index < -0.39 is 0 Å². The van der Waals surface area contributed by atoms with Crippen LogP contribution in [0.5, 0.6) is 11.5 Å². The molecule has 0 saturated carbocycles. The largest absolute Gasteiger partial charge is 0.497 e. The van der Waals surface area contributed by atoms with Gasteiger partial charge in [0.25, 0.3) is 5.91 Å². The van der Waals surface area contributed by atoms with E-state index in [9.17, 15) is 4.79 Å². The molecule has 1 N–H and O–H groups in total. The maximum absolute atomic E-state index is 12.9. The SMILES string of the molecule is COc1ccc(OC)c(CNC(=O)c2c(C)oc3c2C2=NCCN2C=N3)c1. The van der Waals surface area contributed by atoms with Crippen LogP contribution in [0.2, 0.25) is 0 Å². The molecular formula is C19H20N4O4. The maximum Gasteiger partial charge on any atom is 0.255 e. The zero-order valence-electron chi connectivity index (χ0n) is 15.4. The summed E-state index contributed by atoms with van der Waals surface area (Å²) in [4.78, 5) is 23.7. The van der Waals surface area contributed by atoms with Crippen LogP contribution in [0, 0.1) is 6.92 Å². The Kier molecular flexibility index (Phi) is 4.31. The molecule has 2 aliphatic heterocycles. The predicted molar refractivity (Wildman–Crippen MR) is 100 cm³/mol. The Morgan fingerprint density at radius 3 is 2.96 bits per heavy atom. The number of ether oxygens (including phenoxy) is 2. The lowest BCUT2D eigenvalue weighted by molar-refractivity contribution is 0.0949. The van der Waals surface area contributed by atoms with Gasteiger partial charge in [-0.3, -0.25) is 9.79 Å². The summed E-state index contributed by atoms with van der Waals surface area (Å²) in [7, 11) is 3.19. The number of furan rings is 1. The minimum absolute atomic E-state index is 0.242. The van der Waals surface area contributed by atoms with Crippen molar-refractivity contribution in [1.82, 2.24) is 10.2 Å². The van der Waals surface area contributed by atoms with Gasteiger partial charge in [0.05, 0.1) is 31.9 Å². The van der Waals surface area contributed by atoms with Gasteiger partial charge in [0.1, 0.15) is 29.4 Å². The molecule has 1 amide bonds. The first-order chi connectivity index (χ1) is 13.1. The summed E-state index contributed by atoms with van der Waals surface area (Å²) in [6, 6.07) is 5.46. The number of aliphatic imine (C=N–C) groups is 2. The van der Waals surface area contributed by atoms with Crippen molar-refractivity contribution in [1.29, 1.82) is 0 Å². The minimum atomic E-state index is -0.242. The normalized spacial score (nSPS) is 14.5. The summed E-state index contributed by atoms with van der Waals surface area (Å²) in [6.45, 7) is 3.48. The number of amides is 1. The van der Waals surface area contributed by atoms with Gasteiger partial charge in [0.2, 0.25) is 5.88 Å². The molecule has 0 atom stereocenters. The molecule has 140 valence electrons. The molecule has 0 aliphatic carbocycles. The van der Waals surface area contributed by atoms with E-state index in [2.05, 4.69) is 15.3 Å². The number of amidine groups is 1. The van der Waals surface area contributed by atoms with E-state index in [1.54, 1.807) is 27.5 Å². The van der Waals surface area contributed by atoms with Crippen LogP contribution in [0.4, 0.5) is 5.88 Å². The molecule has 0 spiro atoms. The van der Waals surface area contributed by atoms with E-state index in [0.717, 1.165) is 17.9 Å². The predicted octanol–water partition coefficient (Wildman–Crippen LogP) is 2.27. The molecule has 8 nitrogen and oxygen atoms in total. The maximum atomic E-state index is 12.9. The van der Waals surface area contributed by atoms with Gasteiger partial charge in [0, 0.05) is 18.7 Å². The van der Waals surface area contributed by atoms with Crippen molar-refractivity contribution in [3.8, 4) is 11.5 Å². The number of methoxy groups -OCH3 is 2. The summed E-state index contributed by atoms with van der Waals surface area (Å²) < 4.78 is 16.3. The molecule has 1 aromatic heterocycles. The fourth-order valence-corrected chi connectivity index (χ4v) is 3.30. The van der Waals surface area contributed by atoms with Crippen molar-refractivity contribution in [3.05, 3.63) is 40.6 Å². The quantitative estimate of drug-likeness (QED) is 0.875. The molecule has 0 fully saturated rings. The average Bonchev–Trinajstić information content (AvgIpc) is 3.28. The van der Waals surface area contributed by atoms with Gasteiger partial charge in [-0.05, 0) is 25.1 Å². The second kappa shape index (κ2) is 6.79. The van der Waals surface area contributed by atoms with Gasteiger partial charge < -0.3 is 24.1 Å². The van der Waals surface area contributed by atoms with Crippen molar-refractivity contribution in [3.63, 3.8) is 0 Å². The van der Waals surface area contributed by atoms with E-state index in [1.807, 2.05) is 23.1 Å². The second-order valence-electron chi connectivity index (χ2n) is 6.22. The number of rotatable bonds is 5. The van der Waals surface area contributed by atoms with Crippen LogP contribution >= 0.6 is 0 Å². The van der Waals surface area contributed by atoms with Gasteiger partial charge in [-0.2, -0.15) is 0 Å². The third-order valence-corrected chi connectivity index (χ3v) is 4.63. The number of hydrogen-bond donors (Lipinski definition) is 1. The van der Waals surface area contributed by atoms with Crippen LogP contribution in [0.25, 0.3) is 0 Å². The zero-order chi connectivity index (χ0) is 19.0. The summed E-state index contributed by atoms with van der Waals surface area (Å²) in [5.74, 6) is 2.81. The summed E-state index contributed by atoms with van der Waals surface area (Å²) in [5, 5.41) is 2.94. The topological polar surface area (TPSA) is 88.7 Å². The number of aryl methyl sites for hydroxylation is 1. The average molecular weight is 368 g/mol. The number of nitrogens with one attached hydrogen (secondary N) is 1. The molecular weight excluding hydrogens is 348 g/mol. The first-order valence-electron chi connectivity index (χ1n) is 8.60. The highest BCUT2D eigenvalue weighted by molar-refractivity contribution is 6.17. The minimum Gasteiger partial charge on any atom is -0.497 e. The third-order valence-electron chi connectivity index (χ3n) is 4.63. The molecule has 2 aliphatic rings. The number of fused-ring (bicyclic) bond motifs is 3. The summed E-state index contributed by atoms with van der Waals surface area (Å²) >= 11 is 0. The second-order valence-corrected chi connectivity index (χ2v) is 6.22. The van der Waals surface area contributed by atoms with Crippen LogP contribution in [0.3, 0.4) is 0 Å². The lowest BCUT2D eigenvalue weighted by atomic mass is 10.1. The van der Waals surface area contributed by atoms with E-state index in [4.69, 9.17) is 13.9 Å². The molecule has 0 bridgehead atoms. The Hall–Kier alpha value is -3.29. The molecule has 8 heteroatoms. The number of carbonyl (C=O) groups excluding carboxylic acids is 1. The molecule has 4 rings (SSSR count). The molecule has 3 heterocycles. The van der Waals surface area contributed by atoms with Crippen molar-refractivity contribution >= 4 is 24.0 Å². The Bertz CT molecular complexity index is 961. The molecule has 0 radical (unpaired) electrons. The molecule has 0 saturated heterocycles. The Morgan fingerprint density at radius 1 is 1.33 bits per heavy atom. The van der Waals surface area contributed by atoms with E-state index in [1.165, 1.54) is 0 Å². The van der Waals surface area contributed by atoms with Crippen LogP contribution < -0.4 is 14.8 Å². The highest BCUT2D eigenvalue weighted by atomic mass is 16.5. The van der Waals surface area contributed by atoms with Gasteiger partial charge >= 0.3 is 0 Å². The standard InChI is InChI=1S/C19H20N4O4/c1-11-15(16-17-20-6-7-23(17)10-22-19(16)27-11)18(24)21-9-12-8-13(25-2)4-5-14(12)26-3/h4-5,8,10H,6-7,9H2,1-3H3,(H,21,24). The van der Waals surface area contributed by atoms with Crippen LogP contribution in [0.15, 0.2) is 32.6 Å². The number of nitrogens with zero attached hydrogens (tertiary/aromatic N) is 3. The van der Waals surface area contributed by atoms with Crippen LogP contribution in [0.1, 0.15) is 27.2 Å². The zero-order valence-corrected chi connectivity index (χ0v) is 15.4. The number of benzene rings is 1. The summed E-state index contributed by atoms with van der Waals surface area (Å²) in [6.07, 6.45) is 1.69. The van der Waals surface area contributed by atoms with Gasteiger partial charge in [-0.25, -0.2) is 4.99 Å². The van der Waals surface area contributed by atoms with Crippen molar-refractivity contribution in [2.75, 3.05) is 27.3 Å². The van der Waals surface area contributed by atoms with Crippen molar-refractivity contribution in [2.24, 2.45) is 9.98 Å². The molecule has 0 unspecified atom stereocenters. The first kappa shape index (κ1) is 17.1. The summed E-state index contributed by atoms with van der Waals surface area (Å²) in [5.41, 5.74) is 1.94. The lowest BCUT2D eigenvalue weighted by Gasteiger charge is -2.18. The van der Waals surface area contributed by atoms with Gasteiger partial charge in [-0.1, -0.05) is 0 Å².